The summed E-state index contributed by atoms with van der Waals surface area (Å²) in [5.41, 5.74) is 5.70. The number of nitrogens with zero attached hydrogens (tertiary/aromatic N) is 2. The van der Waals surface area contributed by atoms with E-state index < -0.39 is 29.5 Å². The van der Waals surface area contributed by atoms with Gasteiger partial charge in [0, 0.05) is 18.3 Å². The van der Waals surface area contributed by atoms with E-state index in [9.17, 15) is 32.3 Å². The topological polar surface area (TPSA) is 114 Å². The van der Waals surface area contributed by atoms with Gasteiger partial charge in [0.25, 0.3) is 17.4 Å². The molecule has 0 aliphatic carbocycles. The molecule has 11 heteroatoms. The molecule has 8 nitrogen and oxygen atoms in total. The number of pyridine rings is 1. The average Bonchev–Trinajstić information content (AvgIpc) is 3.14. The first kappa shape index (κ1) is 17.8. The van der Waals surface area contributed by atoms with Crippen molar-refractivity contribution in [2.24, 2.45) is 0 Å². The van der Waals surface area contributed by atoms with E-state index in [-0.39, 0.29) is 41.3 Å². The molecule has 0 unspecified atom stereocenters. The van der Waals surface area contributed by atoms with E-state index in [2.05, 4.69) is 0 Å². The minimum Gasteiger partial charge on any atom is -0.384 e. The molecule has 3 amide bonds. The van der Waals surface area contributed by atoms with Crippen LogP contribution in [0.2, 0.25) is 0 Å². The molecular weight excluding hydrogens is 381 g/mol. The molecule has 0 spiro atoms. The molecule has 0 saturated heterocycles. The first-order chi connectivity index (χ1) is 13.1. The van der Waals surface area contributed by atoms with Gasteiger partial charge in [-0.2, -0.15) is 13.2 Å². The van der Waals surface area contributed by atoms with Crippen LogP contribution in [0.15, 0.2) is 29.1 Å². The van der Waals surface area contributed by atoms with E-state index in [1.807, 2.05) is 5.32 Å². The Balaban J connectivity index is 1.81. The summed E-state index contributed by atoms with van der Waals surface area (Å²) in [6, 6.07) is 5.00. The highest BCUT2D eigenvalue weighted by Crippen LogP contribution is 2.34. The van der Waals surface area contributed by atoms with Crippen LogP contribution in [0.25, 0.3) is 5.69 Å². The smallest absolute Gasteiger partial charge is 0.384 e. The molecule has 0 fully saturated rings. The van der Waals surface area contributed by atoms with Crippen LogP contribution in [0.5, 0.6) is 0 Å². The zero-order valence-corrected chi connectivity index (χ0v) is 14.0. The molecular formula is C17H11F3N4O4. The molecule has 0 saturated carbocycles. The number of benzene rings is 1. The normalized spacial score (nSPS) is 15.5. The van der Waals surface area contributed by atoms with Gasteiger partial charge in [0.1, 0.15) is 5.82 Å². The Labute approximate surface area is 154 Å². The lowest BCUT2D eigenvalue weighted by Crippen LogP contribution is -2.40. The van der Waals surface area contributed by atoms with Crippen LogP contribution < -0.4 is 21.5 Å². The molecule has 4 rings (SSSR count). The zero-order valence-electron chi connectivity index (χ0n) is 14.0. The van der Waals surface area contributed by atoms with Crippen LogP contribution in [-0.4, -0.2) is 35.0 Å². The summed E-state index contributed by atoms with van der Waals surface area (Å²) in [4.78, 5) is 48.2. The van der Waals surface area contributed by atoms with E-state index in [1.165, 1.54) is 18.2 Å². The van der Waals surface area contributed by atoms with Gasteiger partial charge >= 0.3 is 12.1 Å². The van der Waals surface area contributed by atoms with Crippen LogP contribution in [-0.2, 0) is 11.2 Å². The van der Waals surface area contributed by atoms with Crippen molar-refractivity contribution < 1.29 is 27.6 Å². The Bertz CT molecular complexity index is 1140. The van der Waals surface area contributed by atoms with Crippen LogP contribution >= 0.6 is 0 Å². The number of hydrogen-bond donors (Lipinski definition) is 2. The number of fused-ring (bicyclic) bond motifs is 2. The molecule has 1 aromatic carbocycles. The van der Waals surface area contributed by atoms with Crippen LogP contribution in [0.1, 0.15) is 26.3 Å². The molecule has 28 heavy (non-hydrogen) atoms. The average molecular weight is 392 g/mol. The van der Waals surface area contributed by atoms with E-state index in [1.54, 1.807) is 0 Å². The number of alkyl halides is 3. The fourth-order valence-electron chi connectivity index (χ4n) is 3.44. The lowest BCUT2D eigenvalue weighted by Gasteiger charge is -2.19. The van der Waals surface area contributed by atoms with Gasteiger partial charge in [0.05, 0.1) is 16.8 Å². The Hall–Kier alpha value is -3.63. The summed E-state index contributed by atoms with van der Waals surface area (Å²) < 4.78 is 39.2. The second kappa shape index (κ2) is 5.68. The quantitative estimate of drug-likeness (QED) is 0.696. The summed E-state index contributed by atoms with van der Waals surface area (Å²) in [6.07, 6.45) is -4.84. The summed E-state index contributed by atoms with van der Waals surface area (Å²) in [6.45, 7) is -0.150. The van der Waals surface area contributed by atoms with Crippen molar-refractivity contribution in [1.29, 1.82) is 0 Å². The lowest BCUT2D eigenvalue weighted by molar-refractivity contribution is -0.170. The van der Waals surface area contributed by atoms with E-state index in [4.69, 9.17) is 5.73 Å². The number of rotatable bonds is 1. The first-order valence-corrected chi connectivity index (χ1v) is 8.03. The predicted octanol–water partition coefficient (Wildman–Crippen LogP) is 0.755. The summed E-state index contributed by atoms with van der Waals surface area (Å²) >= 11 is 0. The molecule has 0 bridgehead atoms. The molecule has 0 atom stereocenters. The molecule has 0 radical (unpaired) electrons. The summed E-state index contributed by atoms with van der Waals surface area (Å²) in [5, 5.41) is 2.04. The number of carbonyl (C=O) groups is 3. The third kappa shape index (κ3) is 2.47. The molecule has 3 N–H and O–H groups in total. The second-order valence-corrected chi connectivity index (χ2v) is 6.29. The third-order valence-corrected chi connectivity index (χ3v) is 4.66. The SMILES string of the molecule is Nc1c2c(cc(=O)n1-c1ccc3c(c1)CCN3C(=O)C(F)(F)F)C(=O)NC2=O. The highest BCUT2D eigenvalue weighted by Gasteiger charge is 2.44. The van der Waals surface area contributed by atoms with E-state index >= 15 is 0 Å². The van der Waals surface area contributed by atoms with Gasteiger partial charge in [-0.3, -0.25) is 29.1 Å². The van der Waals surface area contributed by atoms with Crippen molar-refractivity contribution in [2.75, 3.05) is 17.2 Å². The van der Waals surface area contributed by atoms with Crippen molar-refractivity contribution in [3.63, 3.8) is 0 Å². The maximum absolute atomic E-state index is 12.7. The number of amides is 3. The standard InChI is InChI=1S/C17H11F3N4O4/c18-17(19,20)16(28)23-4-3-7-5-8(1-2-10(7)23)24-11(25)6-9-12(13(24)21)15(27)22-14(9)26/h1-2,5-6H,3-4,21H2,(H,22,26,27). The van der Waals surface area contributed by atoms with Crippen LogP contribution in [0, 0.1) is 0 Å². The monoisotopic (exact) mass is 392 g/mol. The van der Waals surface area contributed by atoms with Gasteiger partial charge in [0.2, 0.25) is 0 Å². The van der Waals surface area contributed by atoms with Gasteiger partial charge in [0.15, 0.2) is 0 Å². The van der Waals surface area contributed by atoms with Crippen molar-refractivity contribution in [3.05, 3.63) is 51.3 Å². The van der Waals surface area contributed by atoms with Crippen LogP contribution in [0.4, 0.5) is 24.7 Å². The molecule has 1 aromatic heterocycles. The Morgan fingerprint density at radius 2 is 1.82 bits per heavy atom. The van der Waals surface area contributed by atoms with Crippen LogP contribution in [0.3, 0.4) is 0 Å². The number of anilines is 2. The molecule has 2 aromatic rings. The maximum atomic E-state index is 12.7. The number of nitrogens with two attached hydrogens (primary N) is 1. The first-order valence-electron chi connectivity index (χ1n) is 8.03. The van der Waals surface area contributed by atoms with Gasteiger partial charge in [-0.1, -0.05) is 0 Å². The maximum Gasteiger partial charge on any atom is 0.471 e. The molecule has 2 aliphatic rings. The number of imide groups is 1. The van der Waals surface area contributed by atoms with Crippen molar-refractivity contribution in [1.82, 2.24) is 9.88 Å². The van der Waals surface area contributed by atoms with Crippen molar-refractivity contribution >= 4 is 29.2 Å². The number of hydrogen-bond acceptors (Lipinski definition) is 5. The summed E-state index contributed by atoms with van der Waals surface area (Å²) in [7, 11) is 0. The molecule has 2 aliphatic heterocycles. The van der Waals surface area contributed by atoms with Gasteiger partial charge in [-0.25, -0.2) is 0 Å². The second-order valence-electron chi connectivity index (χ2n) is 6.29. The zero-order chi connectivity index (χ0) is 20.4. The Morgan fingerprint density at radius 3 is 2.50 bits per heavy atom. The Morgan fingerprint density at radius 1 is 1.11 bits per heavy atom. The highest BCUT2D eigenvalue weighted by molar-refractivity contribution is 6.23. The van der Waals surface area contributed by atoms with Gasteiger partial charge in [-0.15, -0.1) is 0 Å². The fourth-order valence-corrected chi connectivity index (χ4v) is 3.44. The molecule has 144 valence electrons. The number of nitrogen functional groups attached to an aromatic ring is 1. The largest absolute Gasteiger partial charge is 0.471 e. The lowest BCUT2D eigenvalue weighted by atomic mass is 10.1. The summed E-state index contributed by atoms with van der Waals surface area (Å²) in [5.74, 6) is -3.70. The van der Waals surface area contributed by atoms with E-state index in [0.29, 0.717) is 10.5 Å². The van der Waals surface area contributed by atoms with E-state index in [0.717, 1.165) is 10.6 Å². The van der Waals surface area contributed by atoms with Gasteiger partial charge < -0.3 is 10.6 Å². The Kier molecular flexibility index (Phi) is 3.61. The highest BCUT2D eigenvalue weighted by atomic mass is 19.4. The number of nitrogens with one attached hydrogen (secondary N) is 1. The number of aromatic nitrogens is 1. The predicted molar refractivity (Wildman–Crippen MR) is 90.4 cm³/mol. The molecule has 3 heterocycles. The van der Waals surface area contributed by atoms with Crippen molar-refractivity contribution in [3.8, 4) is 5.69 Å². The minimum atomic E-state index is -5.00. The fraction of sp³-hybridized carbons (Fsp3) is 0.176. The number of carbonyl (C=O) groups excluding carboxylic acids is 3. The number of halogens is 3. The van der Waals surface area contributed by atoms with Gasteiger partial charge in [-0.05, 0) is 30.2 Å². The third-order valence-electron chi connectivity index (χ3n) is 4.66. The minimum absolute atomic E-state index is 0.0896. The van der Waals surface area contributed by atoms with Crippen molar-refractivity contribution in [2.45, 2.75) is 12.6 Å².